The van der Waals surface area contributed by atoms with Gasteiger partial charge in [-0.1, -0.05) is 18.2 Å². The Morgan fingerprint density at radius 2 is 2.08 bits per heavy atom. The molecule has 1 aliphatic rings. The number of rotatable bonds is 5. The summed E-state index contributed by atoms with van der Waals surface area (Å²) in [5.41, 5.74) is 2.28. The number of carbonyl (C=O) groups is 2. The van der Waals surface area contributed by atoms with E-state index in [4.69, 9.17) is 4.74 Å². The van der Waals surface area contributed by atoms with Gasteiger partial charge in [0, 0.05) is 23.5 Å². The Bertz CT molecular complexity index is 861. The van der Waals surface area contributed by atoms with E-state index < -0.39 is 0 Å². The number of ether oxygens (including phenoxy) is 1. The van der Waals surface area contributed by atoms with Crippen LogP contribution in [0.4, 0.5) is 5.69 Å². The highest BCUT2D eigenvalue weighted by Crippen LogP contribution is 2.21. The molecule has 134 valence electrons. The highest BCUT2D eigenvalue weighted by molar-refractivity contribution is 6.07. The number of pyridine rings is 1. The minimum Gasteiger partial charge on any atom is -0.480 e. The summed E-state index contributed by atoms with van der Waals surface area (Å²) in [5, 5.41) is 5.81. The van der Waals surface area contributed by atoms with Crippen molar-refractivity contribution in [3.05, 3.63) is 65.4 Å². The number of hydrogen-bond donors (Lipinski definition) is 2. The fourth-order valence-electron chi connectivity index (χ4n) is 2.82. The van der Waals surface area contributed by atoms with Crippen LogP contribution >= 0.6 is 0 Å². The van der Waals surface area contributed by atoms with Crippen molar-refractivity contribution < 1.29 is 14.3 Å². The summed E-state index contributed by atoms with van der Waals surface area (Å²) < 4.78 is 5.13. The quantitative estimate of drug-likeness (QED) is 0.811. The zero-order chi connectivity index (χ0) is 18.5. The van der Waals surface area contributed by atoms with Crippen molar-refractivity contribution in [2.24, 2.45) is 0 Å². The van der Waals surface area contributed by atoms with Gasteiger partial charge in [0.15, 0.2) is 0 Å². The lowest BCUT2D eigenvalue weighted by Crippen LogP contribution is -2.32. The number of aryl methyl sites for hydroxylation is 1. The van der Waals surface area contributed by atoms with Gasteiger partial charge in [-0.2, -0.15) is 0 Å². The third kappa shape index (κ3) is 3.91. The Morgan fingerprint density at radius 3 is 2.81 bits per heavy atom. The highest BCUT2D eigenvalue weighted by atomic mass is 16.5. The molecule has 0 spiro atoms. The van der Waals surface area contributed by atoms with Crippen LogP contribution in [-0.4, -0.2) is 29.9 Å². The fraction of sp³-hybridized carbons (Fsp3) is 0.250. The van der Waals surface area contributed by atoms with Crippen LogP contribution in [0.2, 0.25) is 0 Å². The van der Waals surface area contributed by atoms with Crippen LogP contribution in [0.3, 0.4) is 0 Å². The standard InChI is InChI=1S/C20H21N3O3/c1-13-9-10-14(18(24)22-15-6-3-4-7-15)12-17(13)23-19(25)16-8-5-11-21-20(16)26-2/h3,5-6,8-12,15H,4,7H2,1-2H3,(H,22,24)(H,23,25). The summed E-state index contributed by atoms with van der Waals surface area (Å²) in [5.74, 6) is -0.241. The van der Waals surface area contributed by atoms with Gasteiger partial charge in [-0.05, 0) is 49.6 Å². The number of amides is 2. The number of benzene rings is 1. The van der Waals surface area contributed by atoms with Crippen LogP contribution in [0.1, 0.15) is 39.1 Å². The molecule has 2 amide bonds. The summed E-state index contributed by atoms with van der Waals surface area (Å²) in [6.07, 6.45) is 7.52. The normalized spacial score (nSPS) is 15.5. The number of methoxy groups -OCH3 is 1. The van der Waals surface area contributed by atoms with E-state index in [1.807, 2.05) is 19.1 Å². The van der Waals surface area contributed by atoms with Crippen LogP contribution in [0.15, 0.2) is 48.7 Å². The average Bonchev–Trinajstić information content (AvgIpc) is 3.16. The minimum atomic E-state index is -0.339. The molecule has 0 fully saturated rings. The van der Waals surface area contributed by atoms with E-state index in [1.54, 1.807) is 30.5 Å². The smallest absolute Gasteiger partial charge is 0.261 e. The molecule has 26 heavy (non-hydrogen) atoms. The van der Waals surface area contributed by atoms with E-state index >= 15 is 0 Å². The Hall–Kier alpha value is -3.15. The molecule has 1 aromatic heterocycles. The molecule has 2 aromatic rings. The first-order valence-corrected chi connectivity index (χ1v) is 8.47. The molecule has 1 heterocycles. The van der Waals surface area contributed by atoms with Gasteiger partial charge in [0.25, 0.3) is 11.8 Å². The summed E-state index contributed by atoms with van der Waals surface area (Å²) in [7, 11) is 1.47. The second kappa shape index (κ2) is 7.82. The van der Waals surface area contributed by atoms with Crippen LogP contribution in [-0.2, 0) is 0 Å². The predicted octanol–water partition coefficient (Wildman–Crippen LogP) is 3.10. The zero-order valence-corrected chi connectivity index (χ0v) is 14.8. The van der Waals surface area contributed by atoms with Crippen molar-refractivity contribution in [1.82, 2.24) is 10.3 Å². The van der Waals surface area contributed by atoms with Crippen LogP contribution < -0.4 is 15.4 Å². The maximum absolute atomic E-state index is 12.6. The predicted molar refractivity (Wildman–Crippen MR) is 99.5 cm³/mol. The number of carbonyl (C=O) groups excluding carboxylic acids is 2. The second-order valence-electron chi connectivity index (χ2n) is 6.13. The highest BCUT2D eigenvalue weighted by Gasteiger charge is 2.17. The lowest BCUT2D eigenvalue weighted by molar-refractivity contribution is 0.0943. The Labute approximate surface area is 152 Å². The number of nitrogens with zero attached hydrogens (tertiary/aromatic N) is 1. The van der Waals surface area contributed by atoms with Crippen molar-refractivity contribution in [1.29, 1.82) is 0 Å². The maximum atomic E-state index is 12.6. The lowest BCUT2D eigenvalue weighted by Gasteiger charge is -2.14. The number of anilines is 1. The third-order valence-electron chi connectivity index (χ3n) is 4.29. The molecule has 0 bridgehead atoms. The van der Waals surface area contributed by atoms with Gasteiger partial charge in [-0.3, -0.25) is 9.59 Å². The van der Waals surface area contributed by atoms with Crippen LogP contribution in [0.5, 0.6) is 5.88 Å². The summed E-state index contributed by atoms with van der Waals surface area (Å²) in [6, 6.07) is 8.63. The summed E-state index contributed by atoms with van der Waals surface area (Å²) in [6.45, 7) is 1.87. The largest absolute Gasteiger partial charge is 0.480 e. The van der Waals surface area contributed by atoms with E-state index in [2.05, 4.69) is 21.7 Å². The van der Waals surface area contributed by atoms with E-state index in [0.29, 0.717) is 16.8 Å². The Balaban J connectivity index is 1.78. The summed E-state index contributed by atoms with van der Waals surface area (Å²) >= 11 is 0. The zero-order valence-electron chi connectivity index (χ0n) is 14.8. The Kier molecular flexibility index (Phi) is 5.31. The van der Waals surface area contributed by atoms with Gasteiger partial charge >= 0.3 is 0 Å². The molecule has 1 unspecified atom stereocenters. The van der Waals surface area contributed by atoms with Crippen molar-refractivity contribution in [3.8, 4) is 5.88 Å². The first-order valence-electron chi connectivity index (χ1n) is 8.47. The Morgan fingerprint density at radius 1 is 1.23 bits per heavy atom. The summed E-state index contributed by atoms with van der Waals surface area (Å²) in [4.78, 5) is 29.0. The van der Waals surface area contributed by atoms with Crippen molar-refractivity contribution >= 4 is 17.5 Å². The molecule has 0 aliphatic heterocycles. The van der Waals surface area contributed by atoms with Gasteiger partial charge in [-0.25, -0.2) is 4.98 Å². The van der Waals surface area contributed by atoms with Gasteiger partial charge in [0.05, 0.1) is 7.11 Å². The van der Waals surface area contributed by atoms with Crippen molar-refractivity contribution in [2.75, 3.05) is 12.4 Å². The fourth-order valence-corrected chi connectivity index (χ4v) is 2.82. The lowest BCUT2D eigenvalue weighted by atomic mass is 10.1. The average molecular weight is 351 g/mol. The molecule has 0 radical (unpaired) electrons. The molecule has 0 saturated carbocycles. The number of nitrogens with one attached hydrogen (secondary N) is 2. The van der Waals surface area contributed by atoms with Gasteiger partial charge in [0.2, 0.25) is 5.88 Å². The molecule has 0 saturated heterocycles. The number of aromatic nitrogens is 1. The maximum Gasteiger partial charge on any atom is 0.261 e. The van der Waals surface area contributed by atoms with Crippen LogP contribution in [0.25, 0.3) is 0 Å². The topological polar surface area (TPSA) is 80.3 Å². The molecule has 3 rings (SSSR count). The van der Waals surface area contributed by atoms with E-state index in [0.717, 1.165) is 18.4 Å². The molecule has 6 nitrogen and oxygen atoms in total. The van der Waals surface area contributed by atoms with E-state index in [9.17, 15) is 9.59 Å². The van der Waals surface area contributed by atoms with Crippen molar-refractivity contribution in [2.45, 2.75) is 25.8 Å². The van der Waals surface area contributed by atoms with Gasteiger partial charge < -0.3 is 15.4 Å². The van der Waals surface area contributed by atoms with Crippen molar-refractivity contribution in [3.63, 3.8) is 0 Å². The second-order valence-corrected chi connectivity index (χ2v) is 6.13. The third-order valence-corrected chi connectivity index (χ3v) is 4.29. The molecular weight excluding hydrogens is 330 g/mol. The van der Waals surface area contributed by atoms with Gasteiger partial charge in [-0.15, -0.1) is 0 Å². The number of allylic oxidation sites excluding steroid dienone is 1. The van der Waals surface area contributed by atoms with E-state index in [-0.39, 0.29) is 23.7 Å². The first-order chi connectivity index (χ1) is 12.6. The molecular formula is C20H21N3O3. The molecule has 1 atom stereocenters. The first kappa shape index (κ1) is 17.7. The molecule has 6 heteroatoms. The minimum absolute atomic E-state index is 0.0708. The molecule has 2 N–H and O–H groups in total. The number of hydrogen-bond acceptors (Lipinski definition) is 4. The molecule has 1 aromatic carbocycles. The monoisotopic (exact) mass is 351 g/mol. The van der Waals surface area contributed by atoms with Crippen LogP contribution in [0, 0.1) is 6.92 Å². The van der Waals surface area contributed by atoms with E-state index in [1.165, 1.54) is 7.11 Å². The van der Waals surface area contributed by atoms with Gasteiger partial charge in [0.1, 0.15) is 5.56 Å². The molecule has 1 aliphatic carbocycles. The SMILES string of the molecule is COc1ncccc1C(=O)Nc1cc(C(=O)NC2C=CCC2)ccc1C.